The Balaban J connectivity index is 2.67. The van der Waals surface area contributed by atoms with E-state index in [1.54, 1.807) is 0 Å². The summed E-state index contributed by atoms with van der Waals surface area (Å²) in [6.45, 7) is 2.20. The molecule has 0 saturated carbocycles. The van der Waals surface area contributed by atoms with Crippen molar-refractivity contribution in [3.05, 3.63) is 35.4 Å². The lowest BCUT2D eigenvalue weighted by molar-refractivity contribution is 0.112. The molecule has 2 nitrogen and oxygen atoms in total. The third kappa shape index (κ3) is 3.48. The van der Waals surface area contributed by atoms with Crippen molar-refractivity contribution in [2.75, 3.05) is 14.1 Å². The Morgan fingerprint density at radius 2 is 1.87 bits per heavy atom. The zero-order chi connectivity index (χ0) is 11.3. The first-order valence-electron chi connectivity index (χ1n) is 5.38. The van der Waals surface area contributed by atoms with Crippen LogP contribution in [0.4, 0.5) is 0 Å². The van der Waals surface area contributed by atoms with Gasteiger partial charge in [-0.05, 0) is 32.5 Å². The molecule has 0 spiro atoms. The molecule has 1 aromatic carbocycles. The van der Waals surface area contributed by atoms with Gasteiger partial charge in [-0.15, -0.1) is 0 Å². The van der Waals surface area contributed by atoms with E-state index in [1.807, 2.05) is 24.3 Å². The van der Waals surface area contributed by atoms with Crippen LogP contribution in [0.2, 0.25) is 0 Å². The lowest BCUT2D eigenvalue weighted by Crippen LogP contribution is -2.29. The summed E-state index contributed by atoms with van der Waals surface area (Å²) in [5.41, 5.74) is 2.04. The average molecular weight is 205 g/mol. The molecule has 0 fully saturated rings. The number of carbonyl (C=O) groups excluding carboxylic acids is 1. The molecule has 0 aromatic heterocycles. The minimum absolute atomic E-state index is 0.576. The number of hydrogen-bond donors (Lipinski definition) is 0. The van der Waals surface area contributed by atoms with Crippen molar-refractivity contribution in [3.63, 3.8) is 0 Å². The Kier molecular flexibility index (Phi) is 4.50. The van der Waals surface area contributed by atoms with E-state index in [0.29, 0.717) is 6.04 Å². The molecule has 15 heavy (non-hydrogen) atoms. The van der Waals surface area contributed by atoms with Crippen LogP contribution in [0.1, 0.15) is 29.3 Å². The van der Waals surface area contributed by atoms with Crippen LogP contribution in [0, 0.1) is 0 Å². The number of hydrogen-bond acceptors (Lipinski definition) is 2. The van der Waals surface area contributed by atoms with Crippen molar-refractivity contribution in [2.45, 2.75) is 25.8 Å². The summed E-state index contributed by atoms with van der Waals surface area (Å²) in [7, 11) is 4.21. The second-order valence-corrected chi connectivity index (χ2v) is 4.09. The lowest BCUT2D eigenvalue weighted by atomic mass is 10.0. The van der Waals surface area contributed by atoms with Crippen LogP contribution in [0.5, 0.6) is 0 Å². The van der Waals surface area contributed by atoms with Gasteiger partial charge in [0, 0.05) is 11.6 Å². The summed E-state index contributed by atoms with van der Waals surface area (Å²) in [6.07, 6.45) is 3.07. The highest BCUT2D eigenvalue weighted by Gasteiger charge is 2.09. The molecule has 0 amide bonds. The number of carbonyl (C=O) groups is 1. The second kappa shape index (κ2) is 5.66. The number of benzene rings is 1. The van der Waals surface area contributed by atoms with E-state index in [0.717, 1.165) is 24.7 Å². The molecule has 82 valence electrons. The maximum Gasteiger partial charge on any atom is 0.150 e. The van der Waals surface area contributed by atoms with Crippen molar-refractivity contribution in [1.29, 1.82) is 0 Å². The van der Waals surface area contributed by atoms with Gasteiger partial charge in [-0.2, -0.15) is 0 Å². The molecule has 0 aliphatic carbocycles. The maximum absolute atomic E-state index is 10.5. The van der Waals surface area contributed by atoms with Gasteiger partial charge in [-0.1, -0.05) is 31.2 Å². The summed E-state index contributed by atoms with van der Waals surface area (Å²) in [4.78, 5) is 12.7. The molecule has 0 radical (unpaired) electrons. The summed E-state index contributed by atoms with van der Waals surface area (Å²) in [5, 5.41) is 0. The van der Waals surface area contributed by atoms with Gasteiger partial charge < -0.3 is 4.90 Å². The fourth-order valence-electron chi connectivity index (χ4n) is 1.70. The summed E-state index contributed by atoms with van der Waals surface area (Å²) < 4.78 is 0. The van der Waals surface area contributed by atoms with Crippen molar-refractivity contribution in [3.8, 4) is 0 Å². The highest BCUT2D eigenvalue weighted by Crippen LogP contribution is 2.10. The normalized spacial score (nSPS) is 12.8. The van der Waals surface area contributed by atoms with Gasteiger partial charge in [0.15, 0.2) is 0 Å². The SMILES string of the molecule is CCC(Cc1ccc(C=O)cc1)N(C)C. The highest BCUT2D eigenvalue weighted by atomic mass is 16.1. The van der Waals surface area contributed by atoms with Crippen LogP contribution in [-0.2, 0) is 6.42 Å². The molecule has 0 N–H and O–H groups in total. The van der Waals surface area contributed by atoms with Gasteiger partial charge in [-0.25, -0.2) is 0 Å². The Morgan fingerprint density at radius 1 is 1.27 bits per heavy atom. The largest absolute Gasteiger partial charge is 0.306 e. The standard InChI is InChI=1S/C13H19NO/c1-4-13(14(2)3)9-11-5-7-12(10-15)8-6-11/h5-8,10,13H,4,9H2,1-3H3. The van der Waals surface area contributed by atoms with Gasteiger partial charge in [0.05, 0.1) is 0 Å². The first kappa shape index (κ1) is 11.9. The minimum Gasteiger partial charge on any atom is -0.306 e. The van der Waals surface area contributed by atoms with Gasteiger partial charge in [-0.3, -0.25) is 4.79 Å². The van der Waals surface area contributed by atoms with E-state index < -0.39 is 0 Å². The summed E-state index contributed by atoms with van der Waals surface area (Å²) in [6, 6.07) is 8.41. The van der Waals surface area contributed by atoms with Gasteiger partial charge in [0.25, 0.3) is 0 Å². The predicted molar refractivity (Wildman–Crippen MR) is 63.3 cm³/mol. The number of rotatable bonds is 5. The smallest absolute Gasteiger partial charge is 0.150 e. The first-order valence-corrected chi connectivity index (χ1v) is 5.38. The maximum atomic E-state index is 10.5. The van der Waals surface area contributed by atoms with Crippen LogP contribution in [-0.4, -0.2) is 31.3 Å². The van der Waals surface area contributed by atoms with Crippen molar-refractivity contribution >= 4 is 6.29 Å². The van der Waals surface area contributed by atoms with E-state index in [-0.39, 0.29) is 0 Å². The van der Waals surface area contributed by atoms with Crippen LogP contribution in [0.25, 0.3) is 0 Å². The lowest BCUT2D eigenvalue weighted by Gasteiger charge is -2.22. The second-order valence-electron chi connectivity index (χ2n) is 4.09. The average Bonchev–Trinajstić information content (AvgIpc) is 2.26. The summed E-state index contributed by atoms with van der Waals surface area (Å²) in [5.74, 6) is 0. The highest BCUT2D eigenvalue weighted by molar-refractivity contribution is 5.74. The predicted octanol–water partition coefficient (Wildman–Crippen LogP) is 2.38. The van der Waals surface area contributed by atoms with Gasteiger partial charge in [0.2, 0.25) is 0 Å². The number of likely N-dealkylation sites (N-methyl/N-ethyl adjacent to an activating group) is 1. The van der Waals surface area contributed by atoms with Crippen LogP contribution in [0.15, 0.2) is 24.3 Å². The molecule has 0 heterocycles. The van der Waals surface area contributed by atoms with Crippen molar-refractivity contribution in [1.82, 2.24) is 4.90 Å². The number of nitrogens with zero attached hydrogens (tertiary/aromatic N) is 1. The van der Waals surface area contributed by atoms with E-state index in [1.165, 1.54) is 5.56 Å². The molecule has 1 rings (SSSR count). The van der Waals surface area contributed by atoms with Crippen LogP contribution in [0.3, 0.4) is 0 Å². The Morgan fingerprint density at radius 3 is 2.27 bits per heavy atom. The molecule has 1 aromatic rings. The first-order chi connectivity index (χ1) is 7.17. The molecule has 0 aliphatic heterocycles. The molecular weight excluding hydrogens is 186 g/mol. The Hall–Kier alpha value is -1.15. The quantitative estimate of drug-likeness (QED) is 0.688. The zero-order valence-electron chi connectivity index (χ0n) is 9.73. The van der Waals surface area contributed by atoms with E-state index in [9.17, 15) is 4.79 Å². The molecule has 0 bridgehead atoms. The minimum atomic E-state index is 0.576. The summed E-state index contributed by atoms with van der Waals surface area (Å²) >= 11 is 0. The zero-order valence-corrected chi connectivity index (χ0v) is 9.73. The topological polar surface area (TPSA) is 20.3 Å². The molecule has 1 atom stereocenters. The Labute approximate surface area is 91.9 Å². The van der Waals surface area contributed by atoms with Gasteiger partial charge >= 0.3 is 0 Å². The number of aldehydes is 1. The van der Waals surface area contributed by atoms with Gasteiger partial charge in [0.1, 0.15) is 6.29 Å². The van der Waals surface area contributed by atoms with Crippen LogP contribution < -0.4 is 0 Å². The molecule has 0 aliphatic rings. The van der Waals surface area contributed by atoms with E-state index in [4.69, 9.17) is 0 Å². The van der Waals surface area contributed by atoms with E-state index in [2.05, 4.69) is 25.9 Å². The Bertz CT molecular complexity index is 303. The van der Waals surface area contributed by atoms with Crippen LogP contribution >= 0.6 is 0 Å². The monoisotopic (exact) mass is 205 g/mol. The third-order valence-electron chi connectivity index (χ3n) is 2.79. The fraction of sp³-hybridized carbons (Fsp3) is 0.462. The molecular formula is C13H19NO. The fourth-order valence-corrected chi connectivity index (χ4v) is 1.70. The third-order valence-corrected chi connectivity index (χ3v) is 2.79. The molecule has 1 unspecified atom stereocenters. The molecule has 0 saturated heterocycles. The van der Waals surface area contributed by atoms with E-state index >= 15 is 0 Å². The molecule has 2 heteroatoms. The van der Waals surface area contributed by atoms with Crippen molar-refractivity contribution < 1.29 is 4.79 Å². The van der Waals surface area contributed by atoms with Crippen molar-refractivity contribution in [2.24, 2.45) is 0 Å².